The Morgan fingerprint density at radius 3 is 2.44 bits per heavy atom. The average molecular weight is 765 g/mol. The highest BCUT2D eigenvalue weighted by Crippen LogP contribution is 2.60. The zero-order valence-corrected chi connectivity index (χ0v) is 32.4. The van der Waals surface area contributed by atoms with Gasteiger partial charge in [-0.1, -0.05) is 54.7 Å². The molecule has 1 spiro atoms. The average Bonchev–Trinajstić information content (AvgIpc) is 3.84. The normalized spacial score (nSPS) is 20.6. The van der Waals surface area contributed by atoms with Crippen molar-refractivity contribution in [3.8, 4) is 17.2 Å². The lowest BCUT2D eigenvalue weighted by molar-refractivity contribution is -0.385. The van der Waals surface area contributed by atoms with Gasteiger partial charge in [-0.25, -0.2) is 0 Å². The van der Waals surface area contributed by atoms with E-state index < -0.39 is 24.7 Å². The molecule has 14 nitrogen and oxygen atoms in total. The zero-order valence-electron chi connectivity index (χ0n) is 31.4. The second kappa shape index (κ2) is 14.9. The number of carbonyl (C=O) groups is 1. The van der Waals surface area contributed by atoms with Gasteiger partial charge < -0.3 is 24.2 Å². The van der Waals surface area contributed by atoms with Crippen LogP contribution in [0.5, 0.6) is 11.5 Å². The van der Waals surface area contributed by atoms with Crippen molar-refractivity contribution in [1.82, 2.24) is 19.6 Å². The Labute approximate surface area is 319 Å². The molecule has 2 aromatic heterocycles. The minimum Gasteiger partial charge on any atom is -0.497 e. The highest BCUT2D eigenvalue weighted by Gasteiger charge is 2.66. The maximum atomic E-state index is 15.2. The Bertz CT molecular complexity index is 2270. The number of aliphatic hydroxyl groups is 1. The SMILES string of the molecule is COc1ccc([Si](C)(C)[C@H]2[C@H](CCn3cc(CCO)nn3)O[C@@]3(C(=O)N(Cc4ccc(-n5cccc(OC)c5=O)cc4)c4ccc([N+](=O)[O-])cc43)[C@@H]2C)cc1. The number of aryl methyl sites for hydroxylation is 1. The molecule has 4 heterocycles. The third-order valence-electron chi connectivity index (χ3n) is 11.3. The molecular formula is C40H44N6O8Si. The van der Waals surface area contributed by atoms with Gasteiger partial charge in [0.15, 0.2) is 11.4 Å². The predicted octanol–water partition coefficient (Wildman–Crippen LogP) is 4.74. The minimum atomic E-state index is -2.48. The number of aliphatic hydroxyl groups excluding tert-OH is 1. The van der Waals surface area contributed by atoms with Crippen LogP contribution in [-0.2, 0) is 34.6 Å². The number of ether oxygens (including phenoxy) is 3. The lowest BCUT2D eigenvalue weighted by atomic mass is 9.82. The van der Waals surface area contributed by atoms with Crippen LogP contribution in [-0.4, -0.2) is 70.5 Å². The van der Waals surface area contributed by atoms with Crippen molar-refractivity contribution in [2.75, 3.05) is 25.7 Å². The molecule has 3 aromatic carbocycles. The van der Waals surface area contributed by atoms with Crippen molar-refractivity contribution in [3.05, 3.63) is 129 Å². The van der Waals surface area contributed by atoms with Gasteiger partial charge in [-0.15, -0.1) is 5.10 Å². The molecule has 2 aliphatic heterocycles. The highest BCUT2D eigenvalue weighted by molar-refractivity contribution is 6.91. The first-order valence-corrected chi connectivity index (χ1v) is 21.3. The number of nitro benzene ring substituents is 1. The number of nitro groups is 1. The molecule has 1 fully saturated rings. The van der Waals surface area contributed by atoms with Gasteiger partial charge in [-0.3, -0.25) is 29.0 Å². The molecule has 2 aliphatic rings. The van der Waals surface area contributed by atoms with Crippen molar-refractivity contribution in [3.63, 3.8) is 0 Å². The number of carbonyl (C=O) groups excluding carboxylic acids is 1. The summed E-state index contributed by atoms with van der Waals surface area (Å²) in [5, 5.41) is 31.2. The van der Waals surface area contributed by atoms with Crippen molar-refractivity contribution >= 4 is 30.5 Å². The molecule has 0 radical (unpaired) electrons. The number of fused-ring (bicyclic) bond motifs is 2. The molecule has 0 saturated carbocycles. The highest BCUT2D eigenvalue weighted by atomic mass is 28.3. The number of nitrogens with zero attached hydrogens (tertiary/aromatic N) is 6. The second-order valence-corrected chi connectivity index (χ2v) is 19.3. The van der Waals surface area contributed by atoms with E-state index in [1.807, 2.05) is 49.5 Å². The predicted molar refractivity (Wildman–Crippen MR) is 208 cm³/mol. The van der Waals surface area contributed by atoms with Crippen molar-refractivity contribution in [2.45, 2.75) is 63.2 Å². The van der Waals surface area contributed by atoms with Gasteiger partial charge in [0.25, 0.3) is 17.2 Å². The Balaban J connectivity index is 1.28. The summed E-state index contributed by atoms with van der Waals surface area (Å²) in [4.78, 5) is 41.5. The quantitative estimate of drug-likeness (QED) is 0.101. The van der Waals surface area contributed by atoms with Gasteiger partial charge in [0, 0.05) is 61.3 Å². The summed E-state index contributed by atoms with van der Waals surface area (Å²) in [5.41, 5.74) is 1.14. The fourth-order valence-electron chi connectivity index (χ4n) is 8.56. The molecule has 1 N–H and O–H groups in total. The van der Waals surface area contributed by atoms with Gasteiger partial charge in [-0.2, -0.15) is 0 Å². The summed E-state index contributed by atoms with van der Waals surface area (Å²) in [6, 6.07) is 23.3. The molecule has 15 heteroatoms. The molecule has 55 heavy (non-hydrogen) atoms. The van der Waals surface area contributed by atoms with Gasteiger partial charge in [0.1, 0.15) is 5.75 Å². The number of pyridine rings is 1. The molecule has 286 valence electrons. The maximum absolute atomic E-state index is 15.2. The van der Waals surface area contributed by atoms with Gasteiger partial charge in [0.2, 0.25) is 0 Å². The smallest absolute Gasteiger partial charge is 0.297 e. The monoisotopic (exact) mass is 764 g/mol. The first-order valence-electron chi connectivity index (χ1n) is 18.2. The van der Waals surface area contributed by atoms with Crippen LogP contribution in [0.1, 0.15) is 30.2 Å². The van der Waals surface area contributed by atoms with Crippen LogP contribution in [0.15, 0.2) is 96.1 Å². The van der Waals surface area contributed by atoms with Crippen molar-refractivity contribution in [2.24, 2.45) is 5.92 Å². The lowest BCUT2D eigenvalue weighted by Gasteiger charge is -2.37. The third-order valence-corrected chi connectivity index (χ3v) is 15.7. The molecular weight excluding hydrogens is 721 g/mol. The number of aromatic nitrogens is 4. The number of amides is 1. The number of hydrogen-bond acceptors (Lipinski definition) is 10. The van der Waals surface area contributed by atoms with Crippen LogP contribution in [0.4, 0.5) is 11.4 Å². The first-order chi connectivity index (χ1) is 26.4. The maximum Gasteiger partial charge on any atom is 0.297 e. The van der Waals surface area contributed by atoms with E-state index in [2.05, 4.69) is 35.5 Å². The first kappa shape index (κ1) is 37.7. The minimum absolute atomic E-state index is 0.0369. The standard InChI is InChI=1S/C40H44N6O8Si/c1-26-37(55(4,5)32-15-13-31(52-2)14-16-32)35(18-21-43-25-28(19-22-47)41-42-43)54-40(26)33-23-30(46(50)51)12-17-34(33)45(39(40)49)24-27-8-10-29(11-9-27)44-20-6-7-36(53-3)38(44)48/h6-17,20,23,25-26,35,37,47H,18-19,21-22,24H2,1-5H3/t26-,35+,37-,40+/m1/s1. The van der Waals surface area contributed by atoms with Crippen LogP contribution in [0.25, 0.3) is 5.69 Å². The Hall–Kier alpha value is -5.64. The zero-order chi connectivity index (χ0) is 39.1. The number of anilines is 1. The molecule has 1 amide bonds. The molecule has 5 aromatic rings. The van der Waals surface area contributed by atoms with E-state index in [1.54, 1.807) is 41.1 Å². The molecule has 1 saturated heterocycles. The van der Waals surface area contributed by atoms with E-state index in [0.29, 0.717) is 42.0 Å². The van der Waals surface area contributed by atoms with Crippen LogP contribution >= 0.6 is 0 Å². The molecule has 4 atom stereocenters. The summed E-state index contributed by atoms with van der Waals surface area (Å²) in [6.45, 7) is 7.20. The Morgan fingerprint density at radius 1 is 1.02 bits per heavy atom. The largest absolute Gasteiger partial charge is 0.497 e. The van der Waals surface area contributed by atoms with E-state index in [1.165, 1.54) is 29.0 Å². The summed E-state index contributed by atoms with van der Waals surface area (Å²) >= 11 is 0. The van der Waals surface area contributed by atoms with Crippen LogP contribution in [0.3, 0.4) is 0 Å². The fourth-order valence-corrected chi connectivity index (χ4v) is 12.6. The molecule has 7 rings (SSSR count). The van der Waals surface area contributed by atoms with E-state index in [0.717, 1.165) is 11.3 Å². The molecule has 0 aliphatic carbocycles. The summed E-state index contributed by atoms with van der Waals surface area (Å²) in [5.74, 6) is 0.316. The van der Waals surface area contributed by atoms with E-state index >= 15 is 4.79 Å². The Kier molecular flexibility index (Phi) is 10.2. The van der Waals surface area contributed by atoms with Crippen LogP contribution < -0.4 is 25.1 Å². The summed E-state index contributed by atoms with van der Waals surface area (Å²) in [7, 11) is 0.598. The Morgan fingerprint density at radius 2 is 1.76 bits per heavy atom. The summed E-state index contributed by atoms with van der Waals surface area (Å²) < 4.78 is 21.0. The number of non-ortho nitro benzene ring substituents is 1. The van der Waals surface area contributed by atoms with Gasteiger partial charge in [0.05, 0.1) is 51.2 Å². The molecule has 0 unspecified atom stereocenters. The summed E-state index contributed by atoms with van der Waals surface area (Å²) in [6.07, 6.45) is 3.95. The number of rotatable bonds is 13. The van der Waals surface area contributed by atoms with Crippen LogP contribution in [0.2, 0.25) is 18.6 Å². The lowest BCUT2D eigenvalue weighted by Crippen LogP contribution is -2.51. The van der Waals surface area contributed by atoms with E-state index in [4.69, 9.17) is 14.2 Å². The van der Waals surface area contributed by atoms with E-state index in [-0.39, 0.29) is 47.5 Å². The van der Waals surface area contributed by atoms with Gasteiger partial charge in [-0.05, 0) is 60.0 Å². The van der Waals surface area contributed by atoms with E-state index in [9.17, 15) is 20.0 Å². The number of hydrogen-bond donors (Lipinski definition) is 1. The number of methoxy groups -OCH3 is 2. The van der Waals surface area contributed by atoms with Crippen molar-refractivity contribution in [1.29, 1.82) is 0 Å². The third kappa shape index (κ3) is 6.61. The van der Waals surface area contributed by atoms with Gasteiger partial charge >= 0.3 is 0 Å². The topological polar surface area (TPSA) is 164 Å². The fraction of sp³-hybridized carbons (Fsp3) is 0.350. The molecule has 0 bridgehead atoms. The second-order valence-electron chi connectivity index (χ2n) is 14.7. The van der Waals surface area contributed by atoms with Crippen molar-refractivity contribution < 1.29 is 29.0 Å². The van der Waals surface area contributed by atoms with Crippen LogP contribution in [0, 0.1) is 16.0 Å². The number of benzene rings is 3.